The van der Waals surface area contributed by atoms with Crippen LogP contribution in [0.1, 0.15) is 25.8 Å². The van der Waals surface area contributed by atoms with E-state index in [0.29, 0.717) is 12.0 Å². The van der Waals surface area contributed by atoms with E-state index in [1.807, 2.05) is 12.1 Å². The van der Waals surface area contributed by atoms with Gasteiger partial charge in [0.25, 0.3) is 0 Å². The summed E-state index contributed by atoms with van der Waals surface area (Å²) < 4.78 is 0. The molecule has 0 bridgehead atoms. The van der Waals surface area contributed by atoms with Gasteiger partial charge in [0, 0.05) is 35.9 Å². The Hall–Kier alpha value is -0.730. The first kappa shape index (κ1) is 11.7. The third kappa shape index (κ3) is 2.18. The number of nitrogens with two attached hydrogens (primary N) is 1. The third-order valence-electron chi connectivity index (χ3n) is 3.32. The summed E-state index contributed by atoms with van der Waals surface area (Å²) in [7, 11) is 0. The van der Waals surface area contributed by atoms with E-state index < -0.39 is 0 Å². The second kappa shape index (κ2) is 4.27. The molecule has 1 heterocycles. The van der Waals surface area contributed by atoms with Crippen molar-refractivity contribution in [3.63, 3.8) is 0 Å². The molecule has 1 fully saturated rings. The number of hydrogen-bond donors (Lipinski definition) is 1. The Balaban J connectivity index is 2.31. The molecular formula is C13H19ClN2. The highest BCUT2D eigenvalue weighted by Crippen LogP contribution is 2.35. The van der Waals surface area contributed by atoms with Crippen molar-refractivity contribution >= 4 is 17.3 Å². The van der Waals surface area contributed by atoms with Crippen molar-refractivity contribution in [3.8, 4) is 0 Å². The minimum Gasteiger partial charge on any atom is -0.371 e. The number of halogens is 1. The van der Waals surface area contributed by atoms with Crippen LogP contribution in [0.25, 0.3) is 0 Å². The van der Waals surface area contributed by atoms with E-state index in [2.05, 4.69) is 24.8 Å². The summed E-state index contributed by atoms with van der Waals surface area (Å²) in [6, 6.07) is 6.03. The fourth-order valence-corrected chi connectivity index (χ4v) is 2.61. The number of rotatable bonds is 2. The average molecular weight is 239 g/mol. The molecule has 0 spiro atoms. The highest BCUT2D eigenvalue weighted by molar-refractivity contribution is 6.31. The van der Waals surface area contributed by atoms with E-state index in [1.165, 1.54) is 12.1 Å². The average Bonchev–Trinajstić information content (AvgIpc) is 2.58. The van der Waals surface area contributed by atoms with Crippen LogP contribution in [-0.2, 0) is 6.54 Å². The second-order valence-corrected chi connectivity index (χ2v) is 5.68. The molecule has 1 aliphatic heterocycles. The second-order valence-electron chi connectivity index (χ2n) is 5.28. The van der Waals surface area contributed by atoms with Gasteiger partial charge in [-0.25, -0.2) is 0 Å². The first-order valence-corrected chi connectivity index (χ1v) is 6.14. The summed E-state index contributed by atoms with van der Waals surface area (Å²) >= 11 is 6.17. The Morgan fingerprint density at radius 3 is 2.75 bits per heavy atom. The van der Waals surface area contributed by atoms with E-state index in [-0.39, 0.29) is 0 Å². The van der Waals surface area contributed by atoms with Gasteiger partial charge in [-0.15, -0.1) is 0 Å². The molecule has 0 atom stereocenters. The van der Waals surface area contributed by atoms with Crippen LogP contribution >= 0.6 is 11.6 Å². The summed E-state index contributed by atoms with van der Waals surface area (Å²) in [4.78, 5) is 2.40. The van der Waals surface area contributed by atoms with Crippen molar-refractivity contribution in [3.05, 3.63) is 28.8 Å². The normalized spacial score (nSPS) is 19.1. The molecule has 0 aliphatic carbocycles. The Kier molecular flexibility index (Phi) is 3.13. The molecule has 2 nitrogen and oxygen atoms in total. The van der Waals surface area contributed by atoms with Gasteiger partial charge in [0.2, 0.25) is 0 Å². The van der Waals surface area contributed by atoms with Gasteiger partial charge in [0.05, 0.1) is 0 Å². The van der Waals surface area contributed by atoms with Gasteiger partial charge >= 0.3 is 0 Å². The summed E-state index contributed by atoms with van der Waals surface area (Å²) in [5.74, 6) is 0. The van der Waals surface area contributed by atoms with Gasteiger partial charge in [-0.05, 0) is 24.0 Å². The van der Waals surface area contributed by atoms with E-state index >= 15 is 0 Å². The van der Waals surface area contributed by atoms with Gasteiger partial charge in [-0.3, -0.25) is 0 Å². The van der Waals surface area contributed by atoms with E-state index in [4.69, 9.17) is 17.3 Å². The summed E-state index contributed by atoms with van der Waals surface area (Å²) in [5.41, 5.74) is 8.45. The molecule has 0 aromatic heterocycles. The van der Waals surface area contributed by atoms with Crippen LogP contribution in [0.15, 0.2) is 18.2 Å². The minimum absolute atomic E-state index is 0.397. The monoisotopic (exact) mass is 238 g/mol. The van der Waals surface area contributed by atoms with Crippen LogP contribution < -0.4 is 10.6 Å². The highest BCUT2D eigenvalue weighted by Gasteiger charge is 2.30. The van der Waals surface area contributed by atoms with Crippen LogP contribution in [0.2, 0.25) is 5.02 Å². The number of nitrogens with zero attached hydrogens (tertiary/aromatic N) is 1. The quantitative estimate of drug-likeness (QED) is 0.858. The van der Waals surface area contributed by atoms with Gasteiger partial charge in [0.1, 0.15) is 0 Å². The smallest absolute Gasteiger partial charge is 0.0471 e. The predicted molar refractivity (Wildman–Crippen MR) is 70.0 cm³/mol. The van der Waals surface area contributed by atoms with Gasteiger partial charge in [-0.2, -0.15) is 0 Å². The third-order valence-corrected chi connectivity index (χ3v) is 3.67. The van der Waals surface area contributed by atoms with Crippen molar-refractivity contribution in [1.82, 2.24) is 0 Å². The van der Waals surface area contributed by atoms with E-state index in [1.54, 1.807) is 0 Å². The van der Waals surface area contributed by atoms with Crippen molar-refractivity contribution in [2.75, 3.05) is 18.0 Å². The standard InChI is InChI=1S/C13H19ClN2/c1-13(2)6-7-16(9-13)12-5-3-4-11(14)10(12)8-15/h3-5H,6-9,15H2,1-2H3. The predicted octanol–water partition coefficient (Wildman–Crippen LogP) is 3.04. The number of benzene rings is 1. The van der Waals surface area contributed by atoms with E-state index in [0.717, 1.165) is 23.7 Å². The zero-order chi connectivity index (χ0) is 11.8. The van der Waals surface area contributed by atoms with Crippen LogP contribution in [0.3, 0.4) is 0 Å². The molecule has 0 radical (unpaired) electrons. The first-order chi connectivity index (χ1) is 7.53. The van der Waals surface area contributed by atoms with Crippen LogP contribution in [0, 0.1) is 5.41 Å². The van der Waals surface area contributed by atoms with Gasteiger partial charge in [-0.1, -0.05) is 31.5 Å². The molecule has 1 aromatic carbocycles. The zero-order valence-electron chi connectivity index (χ0n) is 9.96. The zero-order valence-corrected chi connectivity index (χ0v) is 10.7. The minimum atomic E-state index is 0.397. The highest BCUT2D eigenvalue weighted by atomic mass is 35.5. The Bertz CT molecular complexity index is 388. The molecular weight excluding hydrogens is 220 g/mol. The molecule has 2 rings (SSSR count). The molecule has 1 aliphatic rings. The maximum absolute atomic E-state index is 6.17. The summed E-state index contributed by atoms with van der Waals surface area (Å²) in [6.45, 7) is 7.30. The molecule has 0 amide bonds. The molecule has 1 aromatic rings. The van der Waals surface area contributed by atoms with Crippen LogP contribution in [0.4, 0.5) is 5.69 Å². The lowest BCUT2D eigenvalue weighted by molar-refractivity contribution is 0.418. The van der Waals surface area contributed by atoms with Crippen molar-refractivity contribution < 1.29 is 0 Å². The van der Waals surface area contributed by atoms with Crippen LogP contribution in [0.5, 0.6) is 0 Å². The van der Waals surface area contributed by atoms with Gasteiger partial charge < -0.3 is 10.6 Å². The molecule has 1 saturated heterocycles. The Labute approximate surface area is 102 Å². The maximum Gasteiger partial charge on any atom is 0.0471 e. The fourth-order valence-electron chi connectivity index (χ4n) is 2.36. The molecule has 3 heteroatoms. The number of anilines is 1. The maximum atomic E-state index is 6.17. The first-order valence-electron chi connectivity index (χ1n) is 5.76. The largest absolute Gasteiger partial charge is 0.371 e. The lowest BCUT2D eigenvalue weighted by Gasteiger charge is -2.24. The summed E-state index contributed by atoms with van der Waals surface area (Å²) in [6.07, 6.45) is 1.23. The topological polar surface area (TPSA) is 29.3 Å². The number of hydrogen-bond acceptors (Lipinski definition) is 2. The van der Waals surface area contributed by atoms with Crippen molar-refractivity contribution in [1.29, 1.82) is 0 Å². The van der Waals surface area contributed by atoms with Crippen molar-refractivity contribution in [2.24, 2.45) is 11.1 Å². The van der Waals surface area contributed by atoms with Crippen molar-refractivity contribution in [2.45, 2.75) is 26.8 Å². The summed E-state index contributed by atoms with van der Waals surface area (Å²) in [5, 5.41) is 0.782. The van der Waals surface area contributed by atoms with Crippen LogP contribution in [-0.4, -0.2) is 13.1 Å². The lowest BCUT2D eigenvalue weighted by Crippen LogP contribution is -2.24. The molecule has 0 unspecified atom stereocenters. The molecule has 88 valence electrons. The Morgan fingerprint density at radius 1 is 1.44 bits per heavy atom. The van der Waals surface area contributed by atoms with Gasteiger partial charge in [0.15, 0.2) is 0 Å². The SMILES string of the molecule is CC1(C)CCN(c2cccc(Cl)c2CN)C1. The molecule has 0 saturated carbocycles. The fraction of sp³-hybridized carbons (Fsp3) is 0.538. The molecule has 16 heavy (non-hydrogen) atoms. The molecule has 2 N–H and O–H groups in total. The lowest BCUT2D eigenvalue weighted by atomic mass is 9.93. The Morgan fingerprint density at radius 2 is 2.19 bits per heavy atom. The van der Waals surface area contributed by atoms with E-state index in [9.17, 15) is 0 Å².